The zero-order valence-corrected chi connectivity index (χ0v) is 15.6. The normalized spacial score (nSPS) is 20.1. The van der Waals surface area contributed by atoms with Gasteiger partial charge >= 0.3 is 0 Å². The van der Waals surface area contributed by atoms with Crippen LogP contribution in [0, 0.1) is 0 Å². The Hall–Kier alpha value is -2.86. The van der Waals surface area contributed by atoms with Crippen molar-refractivity contribution in [1.82, 2.24) is 9.55 Å². The Bertz CT molecular complexity index is 954. The number of fused-ring (bicyclic) bond motifs is 1. The molecule has 3 aromatic rings. The number of benzene rings is 1. The van der Waals surface area contributed by atoms with Crippen LogP contribution in [0.5, 0.6) is 0 Å². The molecule has 1 saturated heterocycles. The summed E-state index contributed by atoms with van der Waals surface area (Å²) in [6.07, 6.45) is 4.43. The number of hydrogen-bond donors (Lipinski definition) is 1. The molecule has 2 atom stereocenters. The summed E-state index contributed by atoms with van der Waals surface area (Å²) in [5.74, 6) is -0.408. The molecule has 0 aliphatic carbocycles. The first kappa shape index (κ1) is 17.5. The molecule has 140 valence electrons. The molecule has 6 nitrogen and oxygen atoms in total. The molecule has 1 amide bonds. The Kier molecular flexibility index (Phi) is 4.58. The van der Waals surface area contributed by atoms with Crippen LogP contribution in [0.25, 0.3) is 11.0 Å². The molecule has 2 N–H and O–H groups in total. The maximum atomic E-state index is 11.2. The number of aromatic nitrogens is 2. The number of anilines is 1. The van der Waals surface area contributed by atoms with Crippen molar-refractivity contribution >= 4 is 22.6 Å². The minimum Gasteiger partial charge on any atom is -0.372 e. The summed E-state index contributed by atoms with van der Waals surface area (Å²) in [7, 11) is 0. The van der Waals surface area contributed by atoms with Gasteiger partial charge in [0.15, 0.2) is 0 Å². The number of amides is 1. The van der Waals surface area contributed by atoms with E-state index >= 15 is 0 Å². The molecule has 0 saturated carbocycles. The van der Waals surface area contributed by atoms with Crippen molar-refractivity contribution in [3.63, 3.8) is 0 Å². The molecule has 0 radical (unpaired) electrons. The second-order valence-electron chi connectivity index (χ2n) is 7.27. The number of nitrogens with two attached hydrogens (primary N) is 1. The highest BCUT2D eigenvalue weighted by Crippen LogP contribution is 2.24. The highest BCUT2D eigenvalue weighted by atomic mass is 16.5. The van der Waals surface area contributed by atoms with Gasteiger partial charge in [0.2, 0.25) is 5.91 Å². The average molecular weight is 364 g/mol. The second-order valence-corrected chi connectivity index (χ2v) is 7.27. The number of primary amides is 1. The third-order valence-electron chi connectivity index (χ3n) is 4.96. The predicted octanol–water partition coefficient (Wildman–Crippen LogP) is 2.80. The van der Waals surface area contributed by atoms with Crippen LogP contribution in [0.3, 0.4) is 0 Å². The summed E-state index contributed by atoms with van der Waals surface area (Å²) >= 11 is 0. The predicted molar refractivity (Wildman–Crippen MR) is 106 cm³/mol. The van der Waals surface area contributed by atoms with Crippen LogP contribution in [0.2, 0.25) is 0 Å². The Morgan fingerprint density at radius 2 is 1.89 bits per heavy atom. The molecular weight excluding hydrogens is 340 g/mol. The van der Waals surface area contributed by atoms with Gasteiger partial charge in [-0.15, -0.1) is 0 Å². The lowest BCUT2D eigenvalue weighted by Gasteiger charge is -2.36. The quantitative estimate of drug-likeness (QED) is 0.773. The number of rotatable bonds is 4. The van der Waals surface area contributed by atoms with Gasteiger partial charge in [-0.1, -0.05) is 12.1 Å². The Morgan fingerprint density at radius 1 is 1.19 bits per heavy atom. The van der Waals surface area contributed by atoms with E-state index in [4.69, 9.17) is 15.5 Å². The van der Waals surface area contributed by atoms with Crippen molar-refractivity contribution in [2.24, 2.45) is 5.73 Å². The maximum Gasteiger partial charge on any atom is 0.248 e. The molecule has 2 unspecified atom stereocenters. The molecule has 27 heavy (non-hydrogen) atoms. The van der Waals surface area contributed by atoms with Crippen molar-refractivity contribution in [1.29, 1.82) is 0 Å². The molecule has 6 heteroatoms. The molecule has 3 heterocycles. The van der Waals surface area contributed by atoms with Crippen molar-refractivity contribution in [2.45, 2.75) is 32.6 Å². The summed E-state index contributed by atoms with van der Waals surface area (Å²) in [4.78, 5) is 18.3. The highest BCUT2D eigenvalue weighted by Gasteiger charge is 2.23. The number of ether oxygens (including phenoxy) is 1. The van der Waals surface area contributed by atoms with E-state index in [0.717, 1.165) is 35.4 Å². The maximum absolute atomic E-state index is 11.2. The summed E-state index contributed by atoms with van der Waals surface area (Å²) < 4.78 is 7.94. The van der Waals surface area contributed by atoms with Gasteiger partial charge in [-0.2, -0.15) is 0 Å². The van der Waals surface area contributed by atoms with Gasteiger partial charge in [0, 0.05) is 36.8 Å². The number of morpholine rings is 1. The molecule has 4 rings (SSSR count). The van der Waals surface area contributed by atoms with Crippen LogP contribution in [0.15, 0.2) is 48.8 Å². The van der Waals surface area contributed by atoms with E-state index in [9.17, 15) is 4.79 Å². The average Bonchev–Trinajstić information content (AvgIpc) is 3.03. The lowest BCUT2D eigenvalue weighted by molar-refractivity contribution is -0.00522. The van der Waals surface area contributed by atoms with E-state index in [2.05, 4.69) is 35.4 Å². The van der Waals surface area contributed by atoms with Gasteiger partial charge in [-0.3, -0.25) is 4.79 Å². The van der Waals surface area contributed by atoms with E-state index in [-0.39, 0.29) is 12.2 Å². The second kappa shape index (κ2) is 7.04. The van der Waals surface area contributed by atoms with Crippen LogP contribution >= 0.6 is 0 Å². The number of carbonyl (C=O) groups excluding carboxylic acids is 1. The summed E-state index contributed by atoms with van der Waals surface area (Å²) in [5.41, 5.74) is 9.00. The van der Waals surface area contributed by atoms with Crippen LogP contribution in [0.1, 0.15) is 29.8 Å². The third-order valence-corrected chi connectivity index (χ3v) is 4.96. The Labute approximate surface area is 158 Å². The van der Waals surface area contributed by atoms with Crippen molar-refractivity contribution in [3.05, 3.63) is 59.9 Å². The van der Waals surface area contributed by atoms with Crippen LogP contribution < -0.4 is 10.6 Å². The third kappa shape index (κ3) is 3.66. The van der Waals surface area contributed by atoms with Crippen LogP contribution in [0.4, 0.5) is 5.69 Å². The number of carbonyl (C=O) groups is 1. The van der Waals surface area contributed by atoms with Gasteiger partial charge in [-0.05, 0) is 43.7 Å². The van der Waals surface area contributed by atoms with Crippen molar-refractivity contribution < 1.29 is 9.53 Å². The zero-order chi connectivity index (χ0) is 19.0. The fraction of sp³-hybridized carbons (Fsp3) is 0.333. The van der Waals surface area contributed by atoms with E-state index < -0.39 is 5.91 Å². The summed E-state index contributed by atoms with van der Waals surface area (Å²) in [6, 6.07) is 11.7. The molecular formula is C21H24N4O2. The summed E-state index contributed by atoms with van der Waals surface area (Å²) in [5, 5.41) is 1.12. The van der Waals surface area contributed by atoms with Crippen molar-refractivity contribution in [2.75, 3.05) is 18.0 Å². The number of hydrogen-bond acceptors (Lipinski definition) is 4. The van der Waals surface area contributed by atoms with Crippen LogP contribution in [-0.2, 0) is 11.3 Å². The molecule has 1 fully saturated rings. The smallest absolute Gasteiger partial charge is 0.248 e. The zero-order valence-electron chi connectivity index (χ0n) is 15.6. The number of nitrogens with zero attached hydrogens (tertiary/aromatic N) is 3. The van der Waals surface area contributed by atoms with E-state index in [0.29, 0.717) is 12.1 Å². The minimum atomic E-state index is -0.408. The van der Waals surface area contributed by atoms with E-state index in [1.165, 1.54) is 0 Å². The molecule has 1 aliphatic heterocycles. The molecule has 2 aromatic heterocycles. The van der Waals surface area contributed by atoms with Gasteiger partial charge in [-0.25, -0.2) is 4.98 Å². The SMILES string of the molecule is CC1CN(c2cnc3c(ccn3Cc3ccc(C(N)=O)cc3)c2)CC(C)O1. The van der Waals surface area contributed by atoms with E-state index in [1.54, 1.807) is 12.1 Å². The molecule has 0 spiro atoms. The lowest BCUT2D eigenvalue weighted by Crippen LogP contribution is -2.45. The van der Waals surface area contributed by atoms with Crippen LogP contribution in [-0.4, -0.2) is 40.8 Å². The fourth-order valence-corrected chi connectivity index (χ4v) is 3.73. The van der Waals surface area contributed by atoms with Gasteiger partial charge < -0.3 is 19.9 Å². The first-order valence-corrected chi connectivity index (χ1v) is 9.23. The monoisotopic (exact) mass is 364 g/mol. The topological polar surface area (TPSA) is 73.4 Å². The lowest BCUT2D eigenvalue weighted by atomic mass is 10.1. The molecule has 0 bridgehead atoms. The summed E-state index contributed by atoms with van der Waals surface area (Å²) in [6.45, 7) is 6.67. The van der Waals surface area contributed by atoms with Crippen molar-refractivity contribution in [3.8, 4) is 0 Å². The highest BCUT2D eigenvalue weighted by molar-refractivity contribution is 5.92. The first-order valence-electron chi connectivity index (χ1n) is 9.23. The molecule has 1 aromatic carbocycles. The fourth-order valence-electron chi connectivity index (χ4n) is 3.73. The standard InChI is InChI=1S/C21H24N4O2/c1-14-11-25(12-15(2)27-14)19-9-18-7-8-24(21(18)23-10-19)13-16-3-5-17(6-4-16)20(22)26/h3-10,14-15H,11-13H2,1-2H3,(H2,22,26). The van der Waals surface area contributed by atoms with Gasteiger partial charge in [0.05, 0.1) is 24.1 Å². The number of pyridine rings is 1. The Balaban J connectivity index is 1.56. The Morgan fingerprint density at radius 3 is 2.56 bits per heavy atom. The molecule has 1 aliphatic rings. The van der Waals surface area contributed by atoms with E-state index in [1.807, 2.05) is 24.5 Å². The first-order chi connectivity index (χ1) is 13.0. The largest absolute Gasteiger partial charge is 0.372 e. The van der Waals surface area contributed by atoms with Gasteiger partial charge in [0.25, 0.3) is 0 Å². The minimum absolute atomic E-state index is 0.220. The van der Waals surface area contributed by atoms with Gasteiger partial charge in [0.1, 0.15) is 5.65 Å².